The predicted molar refractivity (Wildman–Crippen MR) is 160 cm³/mol. The minimum atomic E-state index is -0.237. The van der Waals surface area contributed by atoms with Crippen LogP contribution in [-0.2, 0) is 14.9 Å². The minimum Gasteiger partial charge on any atom is -0.462 e. The zero-order chi connectivity index (χ0) is 26.2. The maximum Gasteiger partial charge on any atom is 0.338 e. The Morgan fingerprint density at radius 3 is 2.37 bits per heavy atom. The van der Waals surface area contributed by atoms with Crippen molar-refractivity contribution in [1.82, 2.24) is 4.98 Å². The first-order valence-corrected chi connectivity index (χ1v) is 13.6. The third-order valence-corrected chi connectivity index (χ3v) is 8.16. The van der Waals surface area contributed by atoms with Gasteiger partial charge in [0.1, 0.15) is 0 Å². The van der Waals surface area contributed by atoms with E-state index < -0.39 is 0 Å². The largest absolute Gasteiger partial charge is 0.462 e. The number of hydrogen-bond donors (Lipinski definition) is 1. The van der Waals surface area contributed by atoms with Crippen molar-refractivity contribution in [2.45, 2.75) is 46.0 Å². The van der Waals surface area contributed by atoms with Crippen molar-refractivity contribution in [3.05, 3.63) is 89.5 Å². The molecule has 38 heavy (non-hydrogen) atoms. The standard InChI is InChI=1S/C35H31NO2/c1-5-38-34(37)26-9-7-6-8-23(26)24-14-10-20-11-16-27-32-21(12-15-25(24)31(20)32)18-29-28-19-22(35(2,3)4)13-17-30(28)36-33(27)29/h8-19,36H,5-7H2,1-4H3. The molecule has 0 bridgehead atoms. The fourth-order valence-corrected chi connectivity index (χ4v) is 6.27. The van der Waals surface area contributed by atoms with Gasteiger partial charge in [-0.15, -0.1) is 0 Å². The van der Waals surface area contributed by atoms with Crippen molar-refractivity contribution in [3.8, 4) is 0 Å². The fraction of sp³-hybridized carbons (Fsp3) is 0.229. The number of esters is 1. The first-order valence-electron chi connectivity index (χ1n) is 13.6. The van der Waals surface area contributed by atoms with E-state index in [0.29, 0.717) is 12.2 Å². The van der Waals surface area contributed by atoms with E-state index >= 15 is 0 Å². The number of nitrogens with one attached hydrogen (secondary N) is 1. The van der Waals surface area contributed by atoms with Crippen molar-refractivity contribution in [2.75, 3.05) is 6.61 Å². The number of carbonyl (C=O) groups is 1. The quantitative estimate of drug-likeness (QED) is 0.196. The average molecular weight is 498 g/mol. The Morgan fingerprint density at radius 2 is 1.55 bits per heavy atom. The molecule has 1 aliphatic rings. The molecular formula is C35H31NO2. The van der Waals surface area contributed by atoms with E-state index in [9.17, 15) is 4.79 Å². The number of benzene rings is 5. The third kappa shape index (κ3) is 3.31. The summed E-state index contributed by atoms with van der Waals surface area (Å²) in [7, 11) is 0. The molecular weight excluding hydrogens is 466 g/mol. The van der Waals surface area contributed by atoms with Crippen LogP contribution in [0.25, 0.3) is 59.7 Å². The zero-order valence-electron chi connectivity index (χ0n) is 22.4. The summed E-state index contributed by atoms with van der Waals surface area (Å²) < 4.78 is 5.41. The van der Waals surface area contributed by atoms with Crippen LogP contribution < -0.4 is 0 Å². The summed E-state index contributed by atoms with van der Waals surface area (Å²) in [6.45, 7) is 9.02. The summed E-state index contributed by atoms with van der Waals surface area (Å²) >= 11 is 0. The predicted octanol–water partition coefficient (Wildman–Crippen LogP) is 9.18. The van der Waals surface area contributed by atoms with Gasteiger partial charge >= 0.3 is 5.97 Å². The molecule has 1 aromatic heterocycles. The number of aromatic nitrogens is 1. The Balaban J connectivity index is 1.52. The van der Waals surface area contributed by atoms with E-state index in [4.69, 9.17) is 4.74 Å². The van der Waals surface area contributed by atoms with Gasteiger partial charge in [-0.05, 0) is 87.0 Å². The molecule has 3 nitrogen and oxygen atoms in total. The van der Waals surface area contributed by atoms with Gasteiger partial charge in [-0.2, -0.15) is 0 Å². The number of allylic oxidation sites excluding steroid dienone is 2. The van der Waals surface area contributed by atoms with Gasteiger partial charge in [0.2, 0.25) is 0 Å². The molecule has 0 saturated heterocycles. The van der Waals surface area contributed by atoms with Crippen LogP contribution in [0.1, 0.15) is 51.7 Å². The van der Waals surface area contributed by atoms with Gasteiger partial charge in [-0.25, -0.2) is 4.79 Å². The van der Waals surface area contributed by atoms with Crippen molar-refractivity contribution in [3.63, 3.8) is 0 Å². The number of hydrogen-bond acceptors (Lipinski definition) is 2. The van der Waals surface area contributed by atoms with Crippen molar-refractivity contribution >= 4 is 65.7 Å². The minimum absolute atomic E-state index is 0.0922. The molecule has 0 spiro atoms. The lowest BCUT2D eigenvalue weighted by Gasteiger charge is -2.19. The molecule has 0 amide bonds. The maximum absolute atomic E-state index is 12.8. The number of carbonyl (C=O) groups excluding carboxylic acids is 1. The van der Waals surface area contributed by atoms with Gasteiger partial charge in [-0.1, -0.05) is 75.4 Å². The van der Waals surface area contributed by atoms with Crippen LogP contribution in [0, 0.1) is 0 Å². The molecule has 0 atom stereocenters. The highest BCUT2D eigenvalue weighted by Gasteiger charge is 2.23. The molecule has 188 valence electrons. The number of fused-ring (bicyclic) bond motifs is 4. The highest BCUT2D eigenvalue weighted by molar-refractivity contribution is 6.32. The topological polar surface area (TPSA) is 42.1 Å². The Morgan fingerprint density at radius 1 is 0.816 bits per heavy atom. The smallest absolute Gasteiger partial charge is 0.338 e. The fourth-order valence-electron chi connectivity index (χ4n) is 6.27. The third-order valence-electron chi connectivity index (χ3n) is 8.16. The van der Waals surface area contributed by atoms with E-state index in [2.05, 4.69) is 92.5 Å². The van der Waals surface area contributed by atoms with E-state index in [1.54, 1.807) is 0 Å². The van der Waals surface area contributed by atoms with E-state index in [0.717, 1.165) is 24.0 Å². The summed E-state index contributed by atoms with van der Waals surface area (Å²) in [5, 5.41) is 9.93. The van der Waals surface area contributed by atoms with Crippen molar-refractivity contribution in [2.24, 2.45) is 0 Å². The normalized spacial score (nSPS) is 14.6. The van der Waals surface area contributed by atoms with Gasteiger partial charge in [0, 0.05) is 21.7 Å². The molecule has 1 N–H and O–H groups in total. The Kier molecular flexibility index (Phi) is 4.97. The molecule has 7 rings (SSSR count). The molecule has 0 saturated carbocycles. The molecule has 6 aromatic rings. The molecule has 0 aliphatic heterocycles. The molecule has 1 heterocycles. The van der Waals surface area contributed by atoms with E-state index in [-0.39, 0.29) is 11.4 Å². The highest BCUT2D eigenvalue weighted by atomic mass is 16.5. The molecule has 0 radical (unpaired) electrons. The summed E-state index contributed by atoms with van der Waals surface area (Å²) in [6, 6.07) is 22.5. The van der Waals surface area contributed by atoms with E-state index in [1.807, 2.05) is 13.0 Å². The monoisotopic (exact) mass is 497 g/mol. The highest BCUT2D eigenvalue weighted by Crippen LogP contribution is 2.44. The van der Waals surface area contributed by atoms with Crippen LogP contribution in [0.5, 0.6) is 0 Å². The average Bonchev–Trinajstić information content (AvgIpc) is 3.29. The molecule has 0 unspecified atom stereocenters. The van der Waals surface area contributed by atoms with Crippen LogP contribution in [0.3, 0.4) is 0 Å². The number of H-pyrrole nitrogens is 1. The van der Waals surface area contributed by atoms with Gasteiger partial charge in [0.05, 0.1) is 17.7 Å². The lowest BCUT2D eigenvalue weighted by atomic mass is 9.85. The lowest BCUT2D eigenvalue weighted by Crippen LogP contribution is -2.11. The van der Waals surface area contributed by atoms with Crippen LogP contribution in [0.2, 0.25) is 0 Å². The molecule has 1 aliphatic carbocycles. The van der Waals surface area contributed by atoms with Gasteiger partial charge in [-0.3, -0.25) is 0 Å². The second-order valence-corrected chi connectivity index (χ2v) is 11.5. The Hall–Kier alpha value is -4.11. The summed E-state index contributed by atoms with van der Waals surface area (Å²) in [5.74, 6) is -0.237. The van der Waals surface area contributed by atoms with Crippen molar-refractivity contribution in [1.29, 1.82) is 0 Å². The second-order valence-electron chi connectivity index (χ2n) is 11.5. The van der Waals surface area contributed by atoms with Gasteiger partial charge in [0.25, 0.3) is 0 Å². The number of aromatic amines is 1. The zero-order valence-corrected chi connectivity index (χ0v) is 22.4. The Labute approximate surface area is 222 Å². The van der Waals surface area contributed by atoms with Gasteiger partial charge in [0.15, 0.2) is 0 Å². The summed E-state index contributed by atoms with van der Waals surface area (Å²) in [5.41, 5.74) is 6.54. The first-order chi connectivity index (χ1) is 18.3. The van der Waals surface area contributed by atoms with Crippen LogP contribution in [0.4, 0.5) is 0 Å². The summed E-state index contributed by atoms with van der Waals surface area (Å²) in [4.78, 5) is 16.6. The van der Waals surface area contributed by atoms with Crippen LogP contribution >= 0.6 is 0 Å². The molecule has 3 heteroatoms. The first kappa shape index (κ1) is 23.0. The Bertz CT molecular complexity index is 1980. The second kappa shape index (κ2) is 8.19. The van der Waals surface area contributed by atoms with Crippen molar-refractivity contribution < 1.29 is 9.53 Å². The lowest BCUT2D eigenvalue weighted by molar-refractivity contribution is -0.138. The van der Waals surface area contributed by atoms with Crippen LogP contribution in [0.15, 0.2) is 78.4 Å². The summed E-state index contributed by atoms with van der Waals surface area (Å²) in [6.07, 6.45) is 6.01. The van der Waals surface area contributed by atoms with Gasteiger partial charge < -0.3 is 9.72 Å². The SMILES string of the molecule is CCOC(=O)C1=CCCC=C1c1ccc2ccc3c4[nH]c5ccc(C(C)(C)C)cc5c4cc4ccc1c2c43. The number of rotatable bonds is 3. The molecule has 0 fully saturated rings. The number of ether oxygens (including phenoxy) is 1. The maximum atomic E-state index is 12.8. The molecule has 5 aromatic carbocycles. The van der Waals surface area contributed by atoms with Crippen LogP contribution in [-0.4, -0.2) is 17.6 Å². The van der Waals surface area contributed by atoms with E-state index in [1.165, 1.54) is 59.7 Å².